The van der Waals surface area contributed by atoms with Gasteiger partial charge in [-0.15, -0.1) is 0 Å². The number of hydroxylamine groups is 4. The first kappa shape index (κ1) is 9.82. The molecule has 1 heterocycles. The van der Waals surface area contributed by atoms with Crippen molar-refractivity contribution in [2.75, 3.05) is 0 Å². The van der Waals surface area contributed by atoms with Crippen LogP contribution in [0.3, 0.4) is 0 Å². The number of amides is 2. The standard InChI is InChI=1S/C7H10NO5/c1-2-7(11)13-8(12)5(9)3-4-6(8)10/h12H,2-4H2,1H3/q+1. The molecule has 1 N–H and O–H groups in total. The molecule has 0 spiro atoms. The van der Waals surface area contributed by atoms with Crippen molar-refractivity contribution in [2.24, 2.45) is 0 Å². The molecule has 0 bridgehead atoms. The minimum atomic E-state index is -1.81. The van der Waals surface area contributed by atoms with Crippen molar-refractivity contribution in [3.8, 4) is 0 Å². The first-order valence-corrected chi connectivity index (χ1v) is 3.91. The monoisotopic (exact) mass is 188 g/mol. The quantitative estimate of drug-likeness (QED) is 0.372. The van der Waals surface area contributed by atoms with E-state index < -0.39 is 22.6 Å². The molecular weight excluding hydrogens is 178 g/mol. The van der Waals surface area contributed by atoms with Gasteiger partial charge in [0.2, 0.25) is 0 Å². The number of carbonyl (C=O) groups excluding carboxylic acids is 3. The van der Waals surface area contributed by atoms with Crippen molar-refractivity contribution in [3.63, 3.8) is 0 Å². The third kappa shape index (κ3) is 1.58. The van der Waals surface area contributed by atoms with Crippen LogP contribution < -0.4 is 0 Å². The molecular formula is C7H10NO5+. The van der Waals surface area contributed by atoms with Crippen LogP contribution in [0.1, 0.15) is 26.2 Å². The minimum Gasteiger partial charge on any atom is -0.245 e. The van der Waals surface area contributed by atoms with Crippen LogP contribution in [-0.2, 0) is 19.2 Å². The number of imide groups is 1. The Bertz CT molecular complexity index is 256. The third-order valence-corrected chi connectivity index (χ3v) is 1.75. The zero-order chi connectivity index (χ0) is 10.1. The smallest absolute Gasteiger partial charge is 0.245 e. The Labute approximate surface area is 74.2 Å². The van der Waals surface area contributed by atoms with Crippen LogP contribution in [0.2, 0.25) is 0 Å². The molecule has 13 heavy (non-hydrogen) atoms. The van der Waals surface area contributed by atoms with Gasteiger partial charge >= 0.3 is 17.8 Å². The predicted octanol–water partition coefficient (Wildman–Crippen LogP) is -0.0924. The van der Waals surface area contributed by atoms with E-state index in [1.807, 2.05) is 0 Å². The molecule has 6 nitrogen and oxygen atoms in total. The Morgan fingerprint density at radius 2 is 1.92 bits per heavy atom. The van der Waals surface area contributed by atoms with Gasteiger partial charge in [0.05, 0.1) is 12.8 Å². The van der Waals surface area contributed by atoms with Gasteiger partial charge in [0, 0.05) is 6.42 Å². The lowest BCUT2D eigenvalue weighted by Gasteiger charge is -2.14. The van der Waals surface area contributed by atoms with Crippen molar-refractivity contribution < 1.29 is 29.2 Å². The van der Waals surface area contributed by atoms with Gasteiger partial charge in [-0.25, -0.2) is 19.2 Å². The van der Waals surface area contributed by atoms with E-state index in [1.54, 1.807) is 0 Å². The Hall–Kier alpha value is -1.27. The second kappa shape index (κ2) is 3.23. The lowest BCUT2D eigenvalue weighted by Crippen LogP contribution is -2.50. The summed E-state index contributed by atoms with van der Waals surface area (Å²) in [6.45, 7) is 1.50. The fourth-order valence-corrected chi connectivity index (χ4v) is 0.970. The van der Waals surface area contributed by atoms with Gasteiger partial charge in [-0.2, -0.15) is 5.21 Å². The molecule has 1 fully saturated rings. The van der Waals surface area contributed by atoms with Gasteiger partial charge in [-0.1, -0.05) is 6.92 Å². The summed E-state index contributed by atoms with van der Waals surface area (Å²) in [4.78, 5) is 35.2. The molecule has 72 valence electrons. The van der Waals surface area contributed by atoms with Crippen LogP contribution in [-0.4, -0.2) is 27.8 Å². The molecule has 6 heteroatoms. The summed E-state index contributed by atoms with van der Waals surface area (Å²) in [6, 6.07) is 0. The summed E-state index contributed by atoms with van der Waals surface area (Å²) in [5, 5.41) is 9.33. The number of carbonyl (C=O) groups is 3. The zero-order valence-corrected chi connectivity index (χ0v) is 7.15. The van der Waals surface area contributed by atoms with Gasteiger partial charge in [-0.3, -0.25) is 0 Å². The van der Waals surface area contributed by atoms with E-state index in [9.17, 15) is 19.6 Å². The molecule has 1 saturated heterocycles. The van der Waals surface area contributed by atoms with Gasteiger partial charge < -0.3 is 0 Å². The highest BCUT2D eigenvalue weighted by atomic mass is 17.0. The van der Waals surface area contributed by atoms with Crippen LogP contribution in [0.25, 0.3) is 0 Å². The average molecular weight is 188 g/mol. The van der Waals surface area contributed by atoms with Crippen LogP contribution in [0.5, 0.6) is 0 Å². The number of quaternary nitrogens is 1. The fraction of sp³-hybridized carbons (Fsp3) is 0.571. The summed E-state index contributed by atoms with van der Waals surface area (Å²) < 4.78 is 0. The highest BCUT2D eigenvalue weighted by molar-refractivity contribution is 5.91. The number of nitrogens with zero attached hydrogens (tertiary/aromatic N) is 1. The maximum atomic E-state index is 11.0. The lowest BCUT2D eigenvalue weighted by atomic mass is 10.4. The van der Waals surface area contributed by atoms with E-state index in [2.05, 4.69) is 4.84 Å². The van der Waals surface area contributed by atoms with Crippen LogP contribution >= 0.6 is 0 Å². The summed E-state index contributed by atoms with van der Waals surface area (Å²) in [5.41, 5.74) is 0. The average Bonchev–Trinajstić information content (AvgIpc) is 2.33. The summed E-state index contributed by atoms with van der Waals surface area (Å²) in [5.74, 6) is -2.38. The molecule has 2 amide bonds. The first-order valence-electron chi connectivity index (χ1n) is 3.91. The molecule has 0 aromatic heterocycles. The topological polar surface area (TPSA) is 80.7 Å². The molecule has 0 aliphatic carbocycles. The van der Waals surface area contributed by atoms with E-state index in [4.69, 9.17) is 0 Å². The lowest BCUT2D eigenvalue weighted by molar-refractivity contribution is -1.12. The number of hydrogen-bond donors (Lipinski definition) is 1. The Kier molecular flexibility index (Phi) is 2.44. The fourth-order valence-electron chi connectivity index (χ4n) is 0.970. The predicted molar refractivity (Wildman–Crippen MR) is 37.7 cm³/mol. The maximum Gasteiger partial charge on any atom is 0.397 e. The molecule has 0 aromatic rings. The van der Waals surface area contributed by atoms with E-state index in [1.165, 1.54) is 6.92 Å². The molecule has 0 unspecified atom stereocenters. The second-order valence-corrected chi connectivity index (χ2v) is 2.68. The van der Waals surface area contributed by atoms with Gasteiger partial charge in [-0.05, 0) is 0 Å². The molecule has 0 saturated carbocycles. The second-order valence-electron chi connectivity index (χ2n) is 2.68. The number of hydrogen-bond acceptors (Lipinski definition) is 5. The van der Waals surface area contributed by atoms with Crippen molar-refractivity contribution in [1.29, 1.82) is 0 Å². The van der Waals surface area contributed by atoms with Gasteiger partial charge in [0.1, 0.15) is 4.81 Å². The Morgan fingerprint density at radius 1 is 1.46 bits per heavy atom. The highest BCUT2D eigenvalue weighted by Gasteiger charge is 2.55. The van der Waals surface area contributed by atoms with Crippen molar-refractivity contribution >= 4 is 17.8 Å². The SMILES string of the molecule is CCC(=O)O[N+]1(O)C(=O)CCC1=O. The molecule has 1 rings (SSSR count). The molecule has 1 aliphatic rings. The highest BCUT2D eigenvalue weighted by Crippen LogP contribution is 2.20. The van der Waals surface area contributed by atoms with E-state index >= 15 is 0 Å². The van der Waals surface area contributed by atoms with E-state index in [0.717, 1.165) is 0 Å². The van der Waals surface area contributed by atoms with Crippen LogP contribution in [0, 0.1) is 0 Å². The van der Waals surface area contributed by atoms with Crippen molar-refractivity contribution in [1.82, 2.24) is 0 Å². The zero-order valence-electron chi connectivity index (χ0n) is 7.15. The van der Waals surface area contributed by atoms with Crippen molar-refractivity contribution in [2.45, 2.75) is 26.2 Å². The van der Waals surface area contributed by atoms with Gasteiger partial charge in [0.25, 0.3) is 0 Å². The van der Waals surface area contributed by atoms with Crippen LogP contribution in [0.4, 0.5) is 0 Å². The first-order chi connectivity index (χ1) is 6.00. The molecule has 0 radical (unpaired) electrons. The largest absolute Gasteiger partial charge is 0.397 e. The molecule has 0 atom stereocenters. The van der Waals surface area contributed by atoms with Crippen LogP contribution in [0.15, 0.2) is 0 Å². The molecule has 1 aliphatic heterocycles. The maximum absolute atomic E-state index is 11.0. The van der Waals surface area contributed by atoms with E-state index in [-0.39, 0.29) is 19.3 Å². The Balaban J connectivity index is 2.79. The Morgan fingerprint density at radius 3 is 2.31 bits per heavy atom. The third-order valence-electron chi connectivity index (χ3n) is 1.75. The number of rotatable bonds is 2. The normalized spacial score (nSPS) is 20.5. The summed E-state index contributed by atoms with van der Waals surface area (Å²) in [7, 11) is 0. The molecule has 0 aromatic carbocycles. The minimum absolute atomic E-state index is 0.00111. The van der Waals surface area contributed by atoms with Gasteiger partial charge in [0.15, 0.2) is 0 Å². The van der Waals surface area contributed by atoms with Crippen molar-refractivity contribution in [3.05, 3.63) is 0 Å². The summed E-state index contributed by atoms with van der Waals surface area (Å²) in [6.07, 6.45) is -0.181. The summed E-state index contributed by atoms with van der Waals surface area (Å²) >= 11 is 0. The van der Waals surface area contributed by atoms with E-state index in [0.29, 0.717) is 0 Å².